The summed E-state index contributed by atoms with van der Waals surface area (Å²) in [6.45, 7) is 1.97. The van der Waals surface area contributed by atoms with Gasteiger partial charge < -0.3 is 9.72 Å². The standard InChI is InChI=1S/C16H14ClFN2O/c1-9(11-8-20-16-10(11)4-3-7-19-16)14-13(21-2)6-5-12(18)15(14)17/h3-9H,1-2H3,(H,19,20)/t9-/m0/s1. The van der Waals surface area contributed by atoms with Crippen molar-refractivity contribution in [3.63, 3.8) is 0 Å². The molecule has 0 amide bonds. The third-order valence-electron chi connectivity index (χ3n) is 3.70. The fourth-order valence-electron chi connectivity index (χ4n) is 2.62. The maximum Gasteiger partial charge on any atom is 0.142 e. The molecule has 5 heteroatoms. The van der Waals surface area contributed by atoms with Crippen LogP contribution in [0.2, 0.25) is 5.02 Å². The lowest BCUT2D eigenvalue weighted by atomic mass is 9.92. The van der Waals surface area contributed by atoms with Crippen LogP contribution in [0.1, 0.15) is 24.0 Å². The Morgan fingerprint density at radius 3 is 2.90 bits per heavy atom. The van der Waals surface area contributed by atoms with Crippen LogP contribution in [0.15, 0.2) is 36.7 Å². The predicted octanol–water partition coefficient (Wildman–Crippen LogP) is 4.52. The van der Waals surface area contributed by atoms with Gasteiger partial charge in [-0.3, -0.25) is 0 Å². The van der Waals surface area contributed by atoms with Crippen molar-refractivity contribution in [2.75, 3.05) is 7.11 Å². The topological polar surface area (TPSA) is 37.9 Å². The minimum atomic E-state index is -0.447. The molecule has 0 aliphatic carbocycles. The van der Waals surface area contributed by atoms with Crippen LogP contribution in [0.5, 0.6) is 5.75 Å². The molecular weight excluding hydrogens is 291 g/mol. The summed E-state index contributed by atoms with van der Waals surface area (Å²) in [6, 6.07) is 6.76. The van der Waals surface area contributed by atoms with Crippen LogP contribution in [0, 0.1) is 5.82 Å². The monoisotopic (exact) mass is 304 g/mol. The minimum absolute atomic E-state index is 0.0973. The van der Waals surface area contributed by atoms with E-state index in [0.717, 1.165) is 16.6 Å². The van der Waals surface area contributed by atoms with Gasteiger partial charge in [-0.2, -0.15) is 0 Å². The van der Waals surface area contributed by atoms with Gasteiger partial charge in [-0.05, 0) is 29.8 Å². The predicted molar refractivity (Wildman–Crippen MR) is 81.6 cm³/mol. The zero-order valence-corrected chi connectivity index (χ0v) is 12.4. The second-order valence-corrected chi connectivity index (χ2v) is 5.22. The van der Waals surface area contributed by atoms with Crippen LogP contribution in [-0.2, 0) is 0 Å². The maximum absolute atomic E-state index is 13.8. The number of aromatic amines is 1. The number of hydrogen-bond donors (Lipinski definition) is 1. The number of methoxy groups -OCH3 is 1. The van der Waals surface area contributed by atoms with Gasteiger partial charge in [-0.15, -0.1) is 0 Å². The Morgan fingerprint density at radius 1 is 1.33 bits per heavy atom. The second kappa shape index (κ2) is 5.37. The highest BCUT2D eigenvalue weighted by atomic mass is 35.5. The molecule has 3 nitrogen and oxygen atoms in total. The molecule has 0 aliphatic heterocycles. The van der Waals surface area contributed by atoms with E-state index in [1.54, 1.807) is 19.4 Å². The van der Waals surface area contributed by atoms with E-state index < -0.39 is 5.82 Å². The number of halogens is 2. The van der Waals surface area contributed by atoms with Gasteiger partial charge in [0.15, 0.2) is 0 Å². The highest BCUT2D eigenvalue weighted by Crippen LogP contribution is 2.40. The van der Waals surface area contributed by atoms with Crippen molar-refractivity contribution < 1.29 is 9.13 Å². The summed E-state index contributed by atoms with van der Waals surface area (Å²) in [5, 5.41) is 1.09. The summed E-state index contributed by atoms with van der Waals surface area (Å²) >= 11 is 6.16. The van der Waals surface area contributed by atoms with Crippen molar-refractivity contribution in [1.29, 1.82) is 0 Å². The average Bonchev–Trinajstić information content (AvgIpc) is 2.93. The van der Waals surface area contributed by atoms with Crippen molar-refractivity contribution in [2.24, 2.45) is 0 Å². The molecule has 3 rings (SSSR count). The third-order valence-corrected chi connectivity index (χ3v) is 4.08. The number of aromatic nitrogens is 2. The van der Waals surface area contributed by atoms with Crippen LogP contribution in [0.25, 0.3) is 11.0 Å². The number of hydrogen-bond acceptors (Lipinski definition) is 2. The molecule has 1 atom stereocenters. The lowest BCUT2D eigenvalue weighted by Crippen LogP contribution is -2.01. The number of H-pyrrole nitrogens is 1. The molecule has 0 saturated heterocycles. The molecule has 0 saturated carbocycles. The third kappa shape index (κ3) is 2.25. The number of rotatable bonds is 3. The van der Waals surface area contributed by atoms with Crippen LogP contribution in [-0.4, -0.2) is 17.1 Å². The molecule has 0 unspecified atom stereocenters. The van der Waals surface area contributed by atoms with Gasteiger partial charge in [0.1, 0.15) is 17.2 Å². The largest absolute Gasteiger partial charge is 0.496 e. The van der Waals surface area contributed by atoms with Gasteiger partial charge in [0.05, 0.1) is 12.1 Å². The summed E-state index contributed by atoms with van der Waals surface area (Å²) in [4.78, 5) is 7.39. The molecule has 0 fully saturated rings. The second-order valence-electron chi connectivity index (χ2n) is 4.84. The van der Waals surface area contributed by atoms with Crippen molar-refractivity contribution in [2.45, 2.75) is 12.8 Å². The Hall–Kier alpha value is -2.07. The van der Waals surface area contributed by atoms with E-state index in [2.05, 4.69) is 9.97 Å². The first-order valence-electron chi connectivity index (χ1n) is 6.57. The zero-order valence-electron chi connectivity index (χ0n) is 11.7. The Kier molecular flexibility index (Phi) is 3.55. The molecular formula is C16H14ClFN2O. The van der Waals surface area contributed by atoms with Crippen molar-refractivity contribution in [1.82, 2.24) is 9.97 Å². The first kappa shape index (κ1) is 13.9. The molecule has 3 aromatic rings. The Morgan fingerprint density at radius 2 is 2.14 bits per heavy atom. The smallest absolute Gasteiger partial charge is 0.142 e. The summed E-state index contributed by atoms with van der Waals surface area (Å²) in [5.74, 6) is 0.00511. The first-order valence-corrected chi connectivity index (χ1v) is 6.95. The summed E-state index contributed by atoms with van der Waals surface area (Å²) < 4.78 is 19.1. The fourth-order valence-corrected chi connectivity index (χ4v) is 2.94. The van der Waals surface area contributed by atoms with E-state index in [1.807, 2.05) is 25.3 Å². The Balaban J connectivity index is 2.19. The van der Waals surface area contributed by atoms with Gasteiger partial charge in [-0.25, -0.2) is 9.37 Å². The van der Waals surface area contributed by atoms with Gasteiger partial charge in [0.2, 0.25) is 0 Å². The molecule has 1 aromatic carbocycles. The van der Waals surface area contributed by atoms with Crippen molar-refractivity contribution >= 4 is 22.6 Å². The highest BCUT2D eigenvalue weighted by Gasteiger charge is 2.22. The van der Waals surface area contributed by atoms with Crippen molar-refractivity contribution in [3.8, 4) is 5.75 Å². The summed E-state index contributed by atoms with van der Waals surface area (Å²) in [7, 11) is 1.55. The number of ether oxygens (including phenoxy) is 1. The average molecular weight is 305 g/mol. The maximum atomic E-state index is 13.8. The molecule has 0 bridgehead atoms. The zero-order chi connectivity index (χ0) is 15.0. The molecule has 21 heavy (non-hydrogen) atoms. The van der Waals surface area contributed by atoms with E-state index in [9.17, 15) is 4.39 Å². The van der Waals surface area contributed by atoms with E-state index in [-0.39, 0.29) is 10.9 Å². The number of nitrogens with zero attached hydrogens (tertiary/aromatic N) is 1. The Labute approximate surface area is 126 Å². The Bertz CT molecular complexity index is 800. The molecule has 108 valence electrons. The molecule has 1 N–H and O–H groups in total. The van der Waals surface area contributed by atoms with Gasteiger partial charge in [-0.1, -0.05) is 18.5 Å². The molecule has 2 heterocycles. The lowest BCUT2D eigenvalue weighted by Gasteiger charge is -2.17. The normalized spacial score (nSPS) is 12.6. The van der Waals surface area contributed by atoms with Crippen molar-refractivity contribution in [3.05, 3.63) is 58.6 Å². The fraction of sp³-hybridized carbons (Fsp3) is 0.188. The first-order chi connectivity index (χ1) is 10.1. The number of pyridine rings is 1. The molecule has 2 aromatic heterocycles. The quantitative estimate of drug-likeness (QED) is 0.772. The van der Waals surface area contributed by atoms with Crippen LogP contribution < -0.4 is 4.74 Å². The molecule has 0 aliphatic rings. The SMILES string of the molecule is COc1ccc(F)c(Cl)c1[C@@H](C)c1c[nH]c2ncccc12. The van der Waals surface area contributed by atoms with E-state index in [4.69, 9.17) is 16.3 Å². The van der Waals surface area contributed by atoms with Crippen LogP contribution in [0.4, 0.5) is 4.39 Å². The van der Waals surface area contributed by atoms with Gasteiger partial charge in [0, 0.05) is 29.3 Å². The summed E-state index contributed by atoms with van der Waals surface area (Å²) in [6.07, 6.45) is 3.60. The number of nitrogens with one attached hydrogen (secondary N) is 1. The van der Waals surface area contributed by atoms with Crippen LogP contribution >= 0.6 is 11.6 Å². The number of benzene rings is 1. The summed E-state index contributed by atoms with van der Waals surface area (Å²) in [5.41, 5.74) is 2.44. The molecule has 0 radical (unpaired) electrons. The van der Waals surface area contributed by atoms with E-state index in [0.29, 0.717) is 11.3 Å². The van der Waals surface area contributed by atoms with Gasteiger partial charge in [0.25, 0.3) is 0 Å². The minimum Gasteiger partial charge on any atom is -0.496 e. The van der Waals surface area contributed by atoms with Gasteiger partial charge >= 0.3 is 0 Å². The highest BCUT2D eigenvalue weighted by molar-refractivity contribution is 6.31. The van der Waals surface area contributed by atoms with E-state index >= 15 is 0 Å². The molecule has 0 spiro atoms. The number of fused-ring (bicyclic) bond motifs is 1. The van der Waals surface area contributed by atoms with E-state index in [1.165, 1.54) is 6.07 Å². The lowest BCUT2D eigenvalue weighted by molar-refractivity contribution is 0.407. The van der Waals surface area contributed by atoms with Crippen LogP contribution in [0.3, 0.4) is 0 Å².